The van der Waals surface area contributed by atoms with E-state index in [1.807, 2.05) is 0 Å². The number of hydrogen-bond donors (Lipinski definition) is 3. The number of phenolic OH excluding ortho intramolecular Hbond substituents is 2. The van der Waals surface area contributed by atoms with E-state index in [0.29, 0.717) is 16.5 Å². The number of phenols is 2. The highest BCUT2D eigenvalue weighted by atomic mass is 32.1. The Labute approximate surface area is 159 Å². The van der Waals surface area contributed by atoms with Crippen LogP contribution in [0.3, 0.4) is 0 Å². The van der Waals surface area contributed by atoms with Crippen molar-refractivity contribution in [1.82, 2.24) is 0 Å². The molecule has 0 radical (unpaired) electrons. The number of amides is 1. The summed E-state index contributed by atoms with van der Waals surface area (Å²) < 4.78 is 4.90. The Hall–Kier alpha value is -3.05. The normalized spacial score (nSPS) is 15.5. The molecule has 1 unspecified atom stereocenters. The van der Waals surface area contributed by atoms with Crippen LogP contribution in [0.1, 0.15) is 39.7 Å². The third-order valence-electron chi connectivity index (χ3n) is 4.41. The average Bonchev–Trinajstić information content (AvgIpc) is 2.95. The van der Waals surface area contributed by atoms with Crippen molar-refractivity contribution in [2.45, 2.75) is 26.2 Å². The molecule has 27 heavy (non-hydrogen) atoms. The molecule has 2 aromatic rings. The fourth-order valence-electron chi connectivity index (χ4n) is 3.02. The van der Waals surface area contributed by atoms with E-state index in [1.165, 1.54) is 23.5 Å². The molecular formula is C19H18N2O5S. The van der Waals surface area contributed by atoms with Crippen LogP contribution in [0.4, 0.5) is 5.00 Å². The third-order valence-corrected chi connectivity index (χ3v) is 5.58. The molecule has 1 atom stereocenters. The van der Waals surface area contributed by atoms with Crippen molar-refractivity contribution in [1.29, 1.82) is 5.26 Å². The van der Waals surface area contributed by atoms with Gasteiger partial charge in [-0.3, -0.25) is 4.79 Å². The zero-order valence-electron chi connectivity index (χ0n) is 14.6. The number of hydrogen-bond acceptors (Lipinski definition) is 7. The first-order valence-corrected chi connectivity index (χ1v) is 9.24. The topological polar surface area (TPSA) is 120 Å². The Bertz CT molecular complexity index is 944. The number of benzene rings is 1. The molecule has 0 aliphatic heterocycles. The van der Waals surface area contributed by atoms with Crippen LogP contribution in [0.5, 0.6) is 11.5 Å². The third kappa shape index (κ3) is 4.04. The number of thiophene rings is 1. The molecule has 0 saturated carbocycles. The molecule has 1 aliphatic carbocycles. The van der Waals surface area contributed by atoms with Crippen molar-refractivity contribution in [2.24, 2.45) is 5.92 Å². The summed E-state index contributed by atoms with van der Waals surface area (Å²) in [4.78, 5) is 25.2. The molecule has 1 aliphatic rings. The summed E-state index contributed by atoms with van der Waals surface area (Å²) in [5, 5.41) is 31.4. The Kier molecular flexibility index (Phi) is 5.33. The number of nitriles is 1. The minimum absolute atomic E-state index is 0.154. The van der Waals surface area contributed by atoms with E-state index >= 15 is 0 Å². The first-order valence-electron chi connectivity index (χ1n) is 8.42. The van der Waals surface area contributed by atoms with Gasteiger partial charge in [-0.15, -0.1) is 11.3 Å². The molecule has 1 aromatic heterocycles. The standard InChI is InChI=1S/C19H18N2O5S/c1-10-2-4-12-14(8-20)18(27-16(12)6-10)21-17(24)9-26-19(25)13-5-3-11(22)7-15(13)23/h3,5,7,10,22-23H,2,4,6,9H2,1H3,(H,21,24). The average molecular weight is 386 g/mol. The zero-order valence-corrected chi connectivity index (χ0v) is 15.4. The van der Waals surface area contributed by atoms with Crippen molar-refractivity contribution in [3.8, 4) is 17.6 Å². The van der Waals surface area contributed by atoms with Gasteiger partial charge < -0.3 is 20.3 Å². The zero-order chi connectivity index (χ0) is 19.6. The molecule has 1 heterocycles. The number of nitrogens with one attached hydrogen (secondary N) is 1. The van der Waals surface area contributed by atoms with Gasteiger partial charge in [-0.1, -0.05) is 6.92 Å². The quantitative estimate of drug-likeness (QED) is 0.695. The fourth-order valence-corrected chi connectivity index (χ4v) is 4.40. The lowest BCUT2D eigenvalue weighted by Gasteiger charge is -2.17. The SMILES string of the molecule is CC1CCc2c(sc(NC(=O)COC(=O)c3ccc(O)cc3O)c2C#N)C1. The molecule has 0 spiro atoms. The molecular weight excluding hydrogens is 368 g/mol. The Balaban J connectivity index is 1.65. The molecule has 1 amide bonds. The van der Waals surface area contributed by atoms with Gasteiger partial charge in [0.2, 0.25) is 0 Å². The summed E-state index contributed by atoms with van der Waals surface area (Å²) in [5.74, 6) is -1.54. The van der Waals surface area contributed by atoms with Crippen LogP contribution in [0, 0.1) is 17.2 Å². The summed E-state index contributed by atoms with van der Waals surface area (Å²) in [6.07, 6.45) is 2.72. The van der Waals surface area contributed by atoms with Gasteiger partial charge in [0.15, 0.2) is 6.61 Å². The maximum Gasteiger partial charge on any atom is 0.342 e. The molecule has 0 bridgehead atoms. The largest absolute Gasteiger partial charge is 0.508 e. The number of fused-ring (bicyclic) bond motifs is 1. The molecule has 1 aromatic carbocycles. The number of nitrogens with zero attached hydrogens (tertiary/aromatic N) is 1. The molecule has 7 nitrogen and oxygen atoms in total. The smallest absolute Gasteiger partial charge is 0.342 e. The van der Waals surface area contributed by atoms with Crippen molar-refractivity contribution in [3.63, 3.8) is 0 Å². The summed E-state index contributed by atoms with van der Waals surface area (Å²) >= 11 is 1.39. The van der Waals surface area contributed by atoms with E-state index in [0.717, 1.165) is 35.8 Å². The lowest BCUT2D eigenvalue weighted by Crippen LogP contribution is -2.21. The minimum atomic E-state index is -0.887. The maximum absolute atomic E-state index is 12.1. The van der Waals surface area contributed by atoms with Gasteiger partial charge in [-0.05, 0) is 42.9 Å². The number of anilines is 1. The van der Waals surface area contributed by atoms with Crippen LogP contribution in [-0.4, -0.2) is 28.7 Å². The van der Waals surface area contributed by atoms with E-state index in [-0.39, 0.29) is 11.3 Å². The number of carbonyl (C=O) groups excluding carboxylic acids is 2. The number of ether oxygens (including phenoxy) is 1. The number of carbonyl (C=O) groups is 2. The number of aromatic hydroxyl groups is 2. The van der Waals surface area contributed by atoms with Gasteiger partial charge in [0, 0.05) is 10.9 Å². The van der Waals surface area contributed by atoms with Gasteiger partial charge >= 0.3 is 5.97 Å². The predicted octanol–water partition coefficient (Wildman–Crippen LogP) is 2.95. The number of esters is 1. The summed E-state index contributed by atoms with van der Waals surface area (Å²) in [6.45, 7) is 1.61. The first kappa shape index (κ1) is 18.7. The predicted molar refractivity (Wildman–Crippen MR) is 98.9 cm³/mol. The molecule has 3 N–H and O–H groups in total. The summed E-state index contributed by atoms with van der Waals surface area (Å²) in [5.41, 5.74) is 1.33. The Morgan fingerprint density at radius 1 is 1.41 bits per heavy atom. The monoisotopic (exact) mass is 386 g/mol. The van der Waals surface area contributed by atoms with Crippen LogP contribution in [0.2, 0.25) is 0 Å². The van der Waals surface area contributed by atoms with Crippen molar-refractivity contribution in [2.75, 3.05) is 11.9 Å². The van der Waals surface area contributed by atoms with Crippen molar-refractivity contribution < 1.29 is 24.5 Å². The van der Waals surface area contributed by atoms with Gasteiger partial charge in [0.1, 0.15) is 28.1 Å². The lowest BCUT2D eigenvalue weighted by molar-refractivity contribution is -0.119. The second kappa shape index (κ2) is 7.68. The van der Waals surface area contributed by atoms with Crippen molar-refractivity contribution in [3.05, 3.63) is 39.8 Å². The van der Waals surface area contributed by atoms with Crippen LogP contribution in [-0.2, 0) is 22.4 Å². The first-order chi connectivity index (χ1) is 12.9. The second-order valence-electron chi connectivity index (χ2n) is 6.49. The van der Waals surface area contributed by atoms with E-state index in [4.69, 9.17) is 4.74 Å². The molecule has 0 saturated heterocycles. The summed E-state index contributed by atoms with van der Waals surface area (Å²) in [7, 11) is 0. The molecule has 140 valence electrons. The van der Waals surface area contributed by atoms with E-state index < -0.39 is 24.2 Å². The van der Waals surface area contributed by atoms with Gasteiger partial charge in [0.25, 0.3) is 5.91 Å². The highest BCUT2D eigenvalue weighted by molar-refractivity contribution is 7.16. The molecule has 0 fully saturated rings. The Morgan fingerprint density at radius 3 is 2.89 bits per heavy atom. The maximum atomic E-state index is 12.1. The van der Waals surface area contributed by atoms with Crippen LogP contribution in [0.15, 0.2) is 18.2 Å². The Morgan fingerprint density at radius 2 is 2.19 bits per heavy atom. The fraction of sp³-hybridized carbons (Fsp3) is 0.316. The molecule has 3 rings (SSSR count). The molecule has 8 heteroatoms. The van der Waals surface area contributed by atoms with Gasteiger partial charge in [0.05, 0.1) is 5.56 Å². The van der Waals surface area contributed by atoms with E-state index in [2.05, 4.69) is 18.3 Å². The van der Waals surface area contributed by atoms with Gasteiger partial charge in [-0.25, -0.2) is 4.79 Å². The van der Waals surface area contributed by atoms with E-state index in [9.17, 15) is 25.1 Å². The second-order valence-corrected chi connectivity index (χ2v) is 7.60. The van der Waals surface area contributed by atoms with Crippen LogP contribution in [0.25, 0.3) is 0 Å². The van der Waals surface area contributed by atoms with E-state index in [1.54, 1.807) is 0 Å². The van der Waals surface area contributed by atoms with Crippen molar-refractivity contribution >= 4 is 28.2 Å². The number of rotatable bonds is 4. The van der Waals surface area contributed by atoms with Crippen LogP contribution >= 0.6 is 11.3 Å². The lowest BCUT2D eigenvalue weighted by atomic mass is 9.89. The highest BCUT2D eigenvalue weighted by Gasteiger charge is 2.25. The van der Waals surface area contributed by atoms with Crippen LogP contribution < -0.4 is 5.32 Å². The van der Waals surface area contributed by atoms with Gasteiger partial charge in [-0.2, -0.15) is 5.26 Å². The highest BCUT2D eigenvalue weighted by Crippen LogP contribution is 2.39. The minimum Gasteiger partial charge on any atom is -0.508 e. The summed E-state index contributed by atoms with van der Waals surface area (Å²) in [6, 6.07) is 5.60.